The molecular formula is C22H24FN3O4S. The summed E-state index contributed by atoms with van der Waals surface area (Å²) in [5, 5.41) is 15.1. The molecule has 164 valence electrons. The quantitative estimate of drug-likeness (QED) is 0.629. The summed E-state index contributed by atoms with van der Waals surface area (Å²) in [5.74, 6) is -0.0900. The lowest BCUT2D eigenvalue weighted by Gasteiger charge is -2.25. The van der Waals surface area contributed by atoms with Crippen molar-refractivity contribution in [3.8, 4) is 11.5 Å². The Morgan fingerprint density at radius 3 is 2.84 bits per heavy atom. The number of pyridine rings is 1. The number of hydrogen-bond acceptors (Lipinski definition) is 6. The van der Waals surface area contributed by atoms with Gasteiger partial charge in [0.25, 0.3) is 0 Å². The van der Waals surface area contributed by atoms with Crippen molar-refractivity contribution in [1.82, 2.24) is 9.88 Å². The number of fused-ring (bicyclic) bond motifs is 2. The van der Waals surface area contributed by atoms with Crippen LogP contribution in [0.25, 0.3) is 21.1 Å². The van der Waals surface area contributed by atoms with E-state index in [1.807, 2.05) is 9.47 Å². The third-order valence-corrected chi connectivity index (χ3v) is 7.19. The van der Waals surface area contributed by atoms with Gasteiger partial charge in [0.05, 0.1) is 23.4 Å². The minimum atomic E-state index is -0.516. The van der Waals surface area contributed by atoms with Crippen molar-refractivity contribution < 1.29 is 19.0 Å². The summed E-state index contributed by atoms with van der Waals surface area (Å²) in [6.07, 6.45) is 2.75. The van der Waals surface area contributed by atoms with E-state index in [9.17, 15) is 14.7 Å². The lowest BCUT2D eigenvalue weighted by molar-refractivity contribution is -0.119. The van der Waals surface area contributed by atoms with Crippen LogP contribution in [0.1, 0.15) is 32.2 Å². The number of aromatic hydroxyl groups is 1. The van der Waals surface area contributed by atoms with Crippen LogP contribution >= 0.6 is 11.3 Å². The van der Waals surface area contributed by atoms with Crippen LogP contribution in [0, 0.1) is 11.7 Å². The first-order valence-electron chi connectivity index (χ1n) is 10.4. The Balaban J connectivity index is 1.70. The number of aromatic nitrogens is 1. The number of hydrogen-bond donors (Lipinski definition) is 2. The van der Waals surface area contributed by atoms with Crippen LogP contribution in [0.5, 0.6) is 11.5 Å². The zero-order chi connectivity index (χ0) is 21.9. The maximum Gasteiger partial charge on any atom is 0.216 e. The van der Waals surface area contributed by atoms with Gasteiger partial charge < -0.3 is 24.6 Å². The molecule has 1 saturated heterocycles. The molecule has 3 aromatic rings. The molecule has 9 heteroatoms. The number of ether oxygens (including phenoxy) is 1. The standard InChI is InChI=1S/C22H24FN3O4S/c1-11(27)24-8-12-5-6-25(9-12)19-15(23)7-14-18(21(19)30-2)26(13-3-4-13)22-17(20(14)29)16(28)10-31-22/h7,10,12-13,28H,3-6,8-9H2,1-2H3,(H,24,27)/t12-/m0/s1. The molecule has 2 N–H and O–H groups in total. The molecule has 2 fully saturated rings. The molecule has 1 saturated carbocycles. The van der Waals surface area contributed by atoms with E-state index in [1.54, 1.807) is 5.38 Å². The van der Waals surface area contributed by atoms with Gasteiger partial charge in [-0.2, -0.15) is 0 Å². The summed E-state index contributed by atoms with van der Waals surface area (Å²) < 4.78 is 23.2. The van der Waals surface area contributed by atoms with Gasteiger partial charge >= 0.3 is 0 Å². The van der Waals surface area contributed by atoms with Gasteiger partial charge in [-0.05, 0) is 31.2 Å². The molecule has 7 nitrogen and oxygen atoms in total. The van der Waals surface area contributed by atoms with E-state index in [2.05, 4.69) is 5.32 Å². The maximum atomic E-state index is 15.4. The largest absolute Gasteiger partial charge is 0.506 e. The Hall–Kier alpha value is -2.81. The van der Waals surface area contributed by atoms with Gasteiger partial charge in [0, 0.05) is 38.0 Å². The number of rotatable bonds is 5. The number of carbonyl (C=O) groups is 1. The van der Waals surface area contributed by atoms with Gasteiger partial charge in [-0.15, -0.1) is 11.3 Å². The SMILES string of the molecule is COc1c(N2CC[C@@H](CNC(C)=O)C2)c(F)cc2c(=O)c3c(O)csc3n(C3CC3)c12. The molecule has 1 aromatic carbocycles. The second-order valence-electron chi connectivity index (χ2n) is 8.41. The number of halogens is 1. The highest BCUT2D eigenvalue weighted by molar-refractivity contribution is 7.17. The van der Waals surface area contributed by atoms with E-state index in [1.165, 1.54) is 31.4 Å². The van der Waals surface area contributed by atoms with E-state index >= 15 is 4.39 Å². The Bertz CT molecular complexity index is 1260. The van der Waals surface area contributed by atoms with Crippen LogP contribution in [0.4, 0.5) is 10.1 Å². The van der Waals surface area contributed by atoms with E-state index in [4.69, 9.17) is 4.74 Å². The zero-order valence-electron chi connectivity index (χ0n) is 17.4. The maximum absolute atomic E-state index is 15.4. The molecule has 1 amide bonds. The van der Waals surface area contributed by atoms with Crippen molar-refractivity contribution in [2.24, 2.45) is 5.92 Å². The molecule has 5 rings (SSSR count). The van der Waals surface area contributed by atoms with Crippen molar-refractivity contribution in [3.05, 3.63) is 27.5 Å². The molecule has 31 heavy (non-hydrogen) atoms. The number of methoxy groups -OCH3 is 1. The number of nitrogens with zero attached hydrogens (tertiary/aromatic N) is 2. The third-order valence-electron chi connectivity index (χ3n) is 6.22. The molecule has 1 aliphatic heterocycles. The van der Waals surface area contributed by atoms with Gasteiger partial charge in [0.2, 0.25) is 11.3 Å². The highest BCUT2D eigenvalue weighted by Gasteiger charge is 2.34. The Kier molecular flexibility index (Phi) is 4.80. The first-order chi connectivity index (χ1) is 14.9. The number of carbonyl (C=O) groups excluding carboxylic acids is 1. The number of nitrogens with one attached hydrogen (secondary N) is 1. The van der Waals surface area contributed by atoms with Crippen molar-refractivity contribution >= 4 is 44.1 Å². The monoisotopic (exact) mass is 445 g/mol. The minimum absolute atomic E-state index is 0.0647. The fourth-order valence-electron chi connectivity index (χ4n) is 4.64. The van der Waals surface area contributed by atoms with E-state index in [0.717, 1.165) is 19.3 Å². The minimum Gasteiger partial charge on any atom is -0.506 e. The predicted molar refractivity (Wildman–Crippen MR) is 119 cm³/mol. The normalized spacial score (nSPS) is 18.8. The van der Waals surface area contributed by atoms with Crippen molar-refractivity contribution in [3.63, 3.8) is 0 Å². The van der Waals surface area contributed by atoms with Crippen LogP contribution in [-0.2, 0) is 4.79 Å². The molecule has 0 spiro atoms. The number of amides is 1. The highest BCUT2D eigenvalue weighted by Crippen LogP contribution is 2.47. The summed E-state index contributed by atoms with van der Waals surface area (Å²) in [4.78, 5) is 27.1. The smallest absolute Gasteiger partial charge is 0.216 e. The van der Waals surface area contributed by atoms with Gasteiger partial charge in [-0.3, -0.25) is 9.59 Å². The van der Waals surface area contributed by atoms with Gasteiger partial charge in [0.1, 0.15) is 16.3 Å². The number of anilines is 1. The summed E-state index contributed by atoms with van der Waals surface area (Å²) in [6, 6.07) is 1.48. The van der Waals surface area contributed by atoms with Crippen LogP contribution in [0.3, 0.4) is 0 Å². The van der Waals surface area contributed by atoms with E-state index in [-0.39, 0.29) is 39.8 Å². The molecule has 1 atom stereocenters. The number of benzene rings is 1. The second-order valence-corrected chi connectivity index (χ2v) is 9.26. The molecular weight excluding hydrogens is 421 g/mol. The summed E-state index contributed by atoms with van der Waals surface area (Å²) in [5.41, 5.74) is 0.565. The fraction of sp³-hybridized carbons (Fsp3) is 0.455. The van der Waals surface area contributed by atoms with Crippen molar-refractivity contribution in [2.75, 3.05) is 31.6 Å². The van der Waals surface area contributed by atoms with Crippen LogP contribution in [0.15, 0.2) is 16.2 Å². The molecule has 0 unspecified atom stereocenters. The van der Waals surface area contributed by atoms with Crippen LogP contribution in [0.2, 0.25) is 0 Å². The molecule has 3 heterocycles. The lowest BCUT2D eigenvalue weighted by Crippen LogP contribution is -2.29. The molecule has 2 aliphatic rings. The Labute approximate surface area is 182 Å². The summed E-state index contributed by atoms with van der Waals surface area (Å²) in [6.45, 7) is 3.26. The lowest BCUT2D eigenvalue weighted by atomic mass is 10.1. The zero-order valence-corrected chi connectivity index (χ0v) is 18.2. The summed E-state index contributed by atoms with van der Waals surface area (Å²) >= 11 is 1.32. The summed E-state index contributed by atoms with van der Waals surface area (Å²) in [7, 11) is 1.50. The first kappa shape index (κ1) is 20.1. The van der Waals surface area contributed by atoms with E-state index < -0.39 is 5.82 Å². The predicted octanol–water partition coefficient (Wildman–Crippen LogP) is 3.37. The topological polar surface area (TPSA) is 83.8 Å². The van der Waals surface area contributed by atoms with Crippen molar-refractivity contribution in [1.29, 1.82) is 0 Å². The average molecular weight is 446 g/mol. The Morgan fingerprint density at radius 1 is 1.39 bits per heavy atom. The average Bonchev–Trinajstić information content (AvgIpc) is 3.34. The van der Waals surface area contributed by atoms with Gasteiger partial charge in [-0.1, -0.05) is 0 Å². The number of thiophene rings is 1. The first-order valence-corrected chi connectivity index (χ1v) is 11.3. The fourth-order valence-corrected chi connectivity index (χ4v) is 5.65. The molecule has 0 radical (unpaired) electrons. The van der Waals surface area contributed by atoms with Crippen LogP contribution < -0.4 is 20.4 Å². The molecule has 0 bridgehead atoms. The molecule has 2 aromatic heterocycles. The highest BCUT2D eigenvalue weighted by atomic mass is 32.1. The Morgan fingerprint density at radius 2 is 2.16 bits per heavy atom. The van der Waals surface area contributed by atoms with Gasteiger partial charge in [0.15, 0.2) is 11.6 Å². The van der Waals surface area contributed by atoms with Crippen molar-refractivity contribution in [2.45, 2.75) is 32.2 Å². The molecule has 1 aliphatic carbocycles. The van der Waals surface area contributed by atoms with E-state index in [0.29, 0.717) is 41.4 Å². The van der Waals surface area contributed by atoms with Crippen LogP contribution in [-0.4, -0.2) is 42.3 Å². The van der Waals surface area contributed by atoms with Gasteiger partial charge in [-0.25, -0.2) is 4.39 Å². The second kappa shape index (κ2) is 7.40. The third kappa shape index (κ3) is 3.22.